The van der Waals surface area contributed by atoms with E-state index in [1.165, 1.54) is 15.9 Å². The van der Waals surface area contributed by atoms with E-state index in [4.69, 9.17) is 0 Å². The number of nitrogens with one attached hydrogen (secondary N) is 1. The van der Waals surface area contributed by atoms with Crippen LogP contribution in [0.25, 0.3) is 0 Å². The zero-order valence-electron chi connectivity index (χ0n) is 21.3. The van der Waals surface area contributed by atoms with Crippen molar-refractivity contribution in [3.63, 3.8) is 0 Å². The van der Waals surface area contributed by atoms with E-state index in [1.807, 2.05) is 0 Å². The van der Waals surface area contributed by atoms with Crippen LogP contribution >= 0.6 is 0 Å². The van der Waals surface area contributed by atoms with Gasteiger partial charge in [0.2, 0.25) is 5.78 Å². The van der Waals surface area contributed by atoms with Gasteiger partial charge in [0.1, 0.15) is 5.82 Å². The van der Waals surface area contributed by atoms with Crippen molar-refractivity contribution in [2.75, 3.05) is 19.6 Å². The van der Waals surface area contributed by atoms with Crippen LogP contribution in [-0.4, -0.2) is 63.3 Å². The van der Waals surface area contributed by atoms with Crippen molar-refractivity contribution in [3.8, 4) is 0 Å². The quantitative estimate of drug-likeness (QED) is 0.656. The maximum absolute atomic E-state index is 14.8. The van der Waals surface area contributed by atoms with Gasteiger partial charge in [0, 0.05) is 43.1 Å². The molecule has 1 aromatic carbocycles. The first kappa shape index (κ1) is 25.7. The minimum absolute atomic E-state index is 0.0384. The number of carbonyl (C=O) groups excluding carboxylic acids is 3. The molecule has 0 unspecified atom stereocenters. The summed E-state index contributed by atoms with van der Waals surface area (Å²) in [5.74, 6) is -2.08. The third-order valence-corrected chi connectivity index (χ3v) is 7.07. The van der Waals surface area contributed by atoms with E-state index in [9.17, 15) is 23.6 Å². The minimum Gasteiger partial charge on any atom is -0.335 e. The summed E-state index contributed by atoms with van der Waals surface area (Å²) in [6, 6.07) is 4.09. The molecule has 192 valence electrons. The molecule has 1 saturated heterocycles. The van der Waals surface area contributed by atoms with Gasteiger partial charge < -0.3 is 9.80 Å². The summed E-state index contributed by atoms with van der Waals surface area (Å²) >= 11 is 0. The lowest BCUT2D eigenvalue weighted by Gasteiger charge is -2.40. The molecule has 0 saturated carbocycles. The second kappa shape index (κ2) is 9.95. The smallest absolute Gasteiger partial charge is 0.290 e. The molecule has 1 fully saturated rings. The predicted octanol–water partition coefficient (Wildman–Crippen LogP) is 2.67. The van der Waals surface area contributed by atoms with E-state index in [0.29, 0.717) is 6.42 Å². The Bertz CT molecular complexity index is 1260. The van der Waals surface area contributed by atoms with E-state index in [1.54, 1.807) is 39.8 Å². The molecule has 1 atom stereocenters. The number of nitrogens with zero attached hydrogens (tertiary/aromatic N) is 3. The molecule has 0 spiro atoms. The van der Waals surface area contributed by atoms with Gasteiger partial charge >= 0.3 is 0 Å². The third-order valence-electron chi connectivity index (χ3n) is 7.07. The standard InChI is InChI=1S/C27H33FN4O4/c1-16-15-31(11-12-32(16)26(36)23(33)27(2,3)4)25(35)20-13-17(9-10-21(20)28)14-22-18-7-5-6-8-19(18)24(34)30-29-22/h9-10,13,16H,5-8,11-12,14-15H2,1-4H3,(H,30,34)/t16-/m0/s1. The van der Waals surface area contributed by atoms with E-state index in [-0.39, 0.29) is 36.8 Å². The lowest BCUT2D eigenvalue weighted by Crippen LogP contribution is -2.57. The molecule has 2 aromatic rings. The fourth-order valence-electron chi connectivity index (χ4n) is 4.98. The number of rotatable bonds is 4. The fraction of sp³-hybridized carbons (Fsp3) is 0.519. The first-order valence-electron chi connectivity index (χ1n) is 12.5. The normalized spacial score (nSPS) is 18.1. The lowest BCUT2D eigenvalue weighted by atomic mass is 9.89. The Balaban J connectivity index is 1.50. The van der Waals surface area contributed by atoms with E-state index in [0.717, 1.165) is 48.1 Å². The van der Waals surface area contributed by atoms with Crippen molar-refractivity contribution in [1.29, 1.82) is 0 Å². The topological polar surface area (TPSA) is 103 Å². The van der Waals surface area contributed by atoms with Crippen molar-refractivity contribution in [2.24, 2.45) is 5.41 Å². The Morgan fingerprint density at radius 3 is 2.47 bits per heavy atom. The van der Waals surface area contributed by atoms with Gasteiger partial charge in [-0.1, -0.05) is 26.8 Å². The number of hydrogen-bond donors (Lipinski definition) is 1. The predicted molar refractivity (Wildman–Crippen MR) is 132 cm³/mol. The molecule has 1 aliphatic carbocycles. The Hall–Kier alpha value is -3.36. The van der Waals surface area contributed by atoms with Crippen molar-refractivity contribution < 1.29 is 18.8 Å². The van der Waals surface area contributed by atoms with Crippen molar-refractivity contribution >= 4 is 17.6 Å². The molecule has 2 heterocycles. The van der Waals surface area contributed by atoms with Crippen LogP contribution in [0.4, 0.5) is 4.39 Å². The van der Waals surface area contributed by atoms with Crippen molar-refractivity contribution in [2.45, 2.75) is 65.8 Å². The maximum atomic E-state index is 14.8. The zero-order valence-corrected chi connectivity index (χ0v) is 21.3. The second-order valence-corrected chi connectivity index (χ2v) is 10.8. The third kappa shape index (κ3) is 5.10. The van der Waals surface area contributed by atoms with Crippen LogP contribution < -0.4 is 5.56 Å². The maximum Gasteiger partial charge on any atom is 0.290 e. The summed E-state index contributed by atoms with van der Waals surface area (Å²) in [7, 11) is 0. The van der Waals surface area contributed by atoms with Crippen molar-refractivity contribution in [1.82, 2.24) is 20.0 Å². The number of fused-ring (bicyclic) bond motifs is 1. The van der Waals surface area contributed by atoms with E-state index >= 15 is 0 Å². The van der Waals surface area contributed by atoms with Crippen LogP contribution in [0.2, 0.25) is 0 Å². The molecule has 0 radical (unpaired) electrons. The molecule has 1 N–H and O–H groups in total. The summed E-state index contributed by atoms with van der Waals surface area (Å²) in [6.07, 6.45) is 3.85. The minimum atomic E-state index is -0.785. The van der Waals surface area contributed by atoms with Crippen molar-refractivity contribution in [3.05, 3.63) is 62.3 Å². The zero-order chi connectivity index (χ0) is 26.2. The van der Waals surface area contributed by atoms with Gasteiger partial charge in [-0.2, -0.15) is 5.10 Å². The molecule has 9 heteroatoms. The number of hydrogen-bond acceptors (Lipinski definition) is 5. The number of aromatic nitrogens is 2. The van der Waals surface area contributed by atoms with Gasteiger partial charge in [-0.25, -0.2) is 9.49 Å². The number of aromatic amines is 1. The van der Waals surface area contributed by atoms with Gasteiger partial charge in [-0.15, -0.1) is 0 Å². The van der Waals surface area contributed by atoms with Crippen LogP contribution in [0.5, 0.6) is 0 Å². The Morgan fingerprint density at radius 2 is 1.81 bits per heavy atom. The van der Waals surface area contributed by atoms with Crippen LogP contribution in [0.3, 0.4) is 0 Å². The number of amides is 2. The number of piperazine rings is 1. The molecule has 2 amide bonds. The Morgan fingerprint density at radius 1 is 1.11 bits per heavy atom. The van der Waals surface area contributed by atoms with Crippen LogP contribution in [0.1, 0.15) is 73.3 Å². The summed E-state index contributed by atoms with van der Waals surface area (Å²) in [4.78, 5) is 53.6. The monoisotopic (exact) mass is 496 g/mol. The Labute approximate surface area is 209 Å². The van der Waals surface area contributed by atoms with Crippen LogP contribution in [-0.2, 0) is 28.9 Å². The highest BCUT2D eigenvalue weighted by atomic mass is 19.1. The van der Waals surface area contributed by atoms with Crippen LogP contribution in [0.15, 0.2) is 23.0 Å². The highest BCUT2D eigenvalue weighted by Crippen LogP contribution is 2.24. The number of benzene rings is 1. The molecule has 0 bridgehead atoms. The largest absolute Gasteiger partial charge is 0.335 e. The summed E-state index contributed by atoms with van der Waals surface area (Å²) in [6.45, 7) is 7.52. The number of halogens is 1. The molecule has 1 aromatic heterocycles. The first-order chi connectivity index (χ1) is 17.0. The summed E-state index contributed by atoms with van der Waals surface area (Å²) in [5.41, 5.74) is 2.23. The molecule has 2 aliphatic rings. The Kier molecular flexibility index (Phi) is 7.11. The van der Waals surface area contributed by atoms with E-state index in [2.05, 4.69) is 10.2 Å². The second-order valence-electron chi connectivity index (χ2n) is 10.8. The van der Waals surface area contributed by atoms with E-state index < -0.39 is 28.8 Å². The van der Waals surface area contributed by atoms with Crippen LogP contribution in [0, 0.1) is 11.2 Å². The SMILES string of the molecule is C[C@H]1CN(C(=O)c2cc(Cc3n[nH]c(=O)c4c3CCCC4)ccc2F)CCN1C(=O)C(=O)C(C)(C)C. The average Bonchev–Trinajstić information content (AvgIpc) is 2.85. The summed E-state index contributed by atoms with van der Waals surface area (Å²) in [5, 5.41) is 6.82. The number of Topliss-reactive ketones (excluding diaryl/α,β-unsaturated/α-hetero) is 1. The molecule has 4 rings (SSSR count). The number of carbonyl (C=O) groups is 3. The highest BCUT2D eigenvalue weighted by Gasteiger charge is 2.37. The average molecular weight is 497 g/mol. The number of ketones is 1. The highest BCUT2D eigenvalue weighted by molar-refractivity contribution is 6.37. The van der Waals surface area contributed by atoms with Gasteiger partial charge in [0.05, 0.1) is 11.3 Å². The molecular formula is C27H33FN4O4. The molecule has 36 heavy (non-hydrogen) atoms. The molecule has 8 nitrogen and oxygen atoms in total. The molecule has 1 aliphatic heterocycles. The van der Waals surface area contributed by atoms with Gasteiger partial charge in [0.25, 0.3) is 17.4 Å². The molecular weight excluding hydrogens is 463 g/mol. The lowest BCUT2D eigenvalue weighted by molar-refractivity contribution is -0.151. The van der Waals surface area contributed by atoms with Gasteiger partial charge in [-0.3, -0.25) is 19.2 Å². The fourth-order valence-corrected chi connectivity index (χ4v) is 4.98. The first-order valence-corrected chi connectivity index (χ1v) is 12.5. The number of H-pyrrole nitrogens is 1. The summed E-state index contributed by atoms with van der Waals surface area (Å²) < 4.78 is 14.8. The van der Waals surface area contributed by atoms with Gasteiger partial charge in [0.15, 0.2) is 0 Å². The van der Waals surface area contributed by atoms with Gasteiger partial charge in [-0.05, 0) is 55.9 Å².